The van der Waals surface area contributed by atoms with E-state index in [4.69, 9.17) is 25.8 Å². The molecule has 0 saturated carbocycles. The van der Waals surface area contributed by atoms with E-state index in [1.807, 2.05) is 0 Å². The van der Waals surface area contributed by atoms with E-state index >= 15 is 0 Å². The van der Waals surface area contributed by atoms with Crippen LogP contribution in [0.3, 0.4) is 0 Å². The number of carbonyl (C=O) groups excluding carboxylic acids is 2. The minimum atomic E-state index is -0.693. The highest BCUT2D eigenvalue weighted by molar-refractivity contribution is 6.32. The zero-order chi connectivity index (χ0) is 18.2. The van der Waals surface area contributed by atoms with Gasteiger partial charge in [0.2, 0.25) is 0 Å². The number of methoxy groups -OCH3 is 2. The van der Waals surface area contributed by atoms with Crippen molar-refractivity contribution in [3.05, 3.63) is 41.1 Å². The highest BCUT2D eigenvalue weighted by Gasteiger charge is 2.10. The molecule has 25 heavy (non-hydrogen) atoms. The van der Waals surface area contributed by atoms with E-state index in [1.165, 1.54) is 38.7 Å². The standard InChI is InChI=1S/C16H15ClN2O6/c1-22-12-8-10(7-11(17)16(12)23-2)3-4-15(21)24-9-14(20)18-13-5-6-25-19-13/h3-8H,9H2,1-2H3,(H,18,19,20)/b4-3+. The van der Waals surface area contributed by atoms with Gasteiger partial charge in [-0.15, -0.1) is 0 Å². The Bertz CT molecular complexity index is 773. The number of hydrogen-bond acceptors (Lipinski definition) is 7. The van der Waals surface area contributed by atoms with Gasteiger partial charge in [-0.05, 0) is 23.8 Å². The normalized spacial score (nSPS) is 10.5. The van der Waals surface area contributed by atoms with Crippen LogP contribution < -0.4 is 14.8 Å². The molecular weight excluding hydrogens is 352 g/mol. The molecule has 0 aliphatic heterocycles. The smallest absolute Gasteiger partial charge is 0.331 e. The first kappa shape index (κ1) is 18.3. The Hall–Kier alpha value is -3.00. The van der Waals surface area contributed by atoms with Crippen LogP contribution in [0.25, 0.3) is 6.08 Å². The zero-order valence-electron chi connectivity index (χ0n) is 13.4. The summed E-state index contributed by atoms with van der Waals surface area (Å²) in [6.07, 6.45) is 3.95. The van der Waals surface area contributed by atoms with Crippen molar-refractivity contribution < 1.29 is 28.3 Å². The highest BCUT2D eigenvalue weighted by atomic mass is 35.5. The van der Waals surface area contributed by atoms with Crippen molar-refractivity contribution in [1.29, 1.82) is 0 Å². The Morgan fingerprint density at radius 3 is 2.76 bits per heavy atom. The summed E-state index contributed by atoms with van der Waals surface area (Å²) in [7, 11) is 2.95. The largest absolute Gasteiger partial charge is 0.493 e. The lowest BCUT2D eigenvalue weighted by Gasteiger charge is -2.10. The van der Waals surface area contributed by atoms with Crippen LogP contribution in [-0.4, -0.2) is 37.9 Å². The van der Waals surface area contributed by atoms with Gasteiger partial charge >= 0.3 is 5.97 Å². The molecule has 9 heteroatoms. The van der Waals surface area contributed by atoms with Crippen molar-refractivity contribution >= 4 is 35.4 Å². The van der Waals surface area contributed by atoms with Crippen LogP contribution in [0.4, 0.5) is 5.82 Å². The molecule has 0 aliphatic rings. The van der Waals surface area contributed by atoms with E-state index in [0.29, 0.717) is 22.1 Å². The van der Waals surface area contributed by atoms with Gasteiger partial charge in [-0.2, -0.15) is 0 Å². The van der Waals surface area contributed by atoms with Crippen LogP contribution in [0, 0.1) is 0 Å². The van der Waals surface area contributed by atoms with E-state index in [9.17, 15) is 9.59 Å². The number of benzene rings is 1. The fraction of sp³-hybridized carbons (Fsp3) is 0.188. The molecule has 1 aromatic carbocycles. The molecule has 0 radical (unpaired) electrons. The number of carbonyl (C=O) groups is 2. The maximum atomic E-state index is 11.7. The molecule has 0 fully saturated rings. The summed E-state index contributed by atoms with van der Waals surface area (Å²) in [5, 5.41) is 6.23. The number of nitrogens with zero attached hydrogens (tertiary/aromatic N) is 1. The van der Waals surface area contributed by atoms with Gasteiger partial charge in [-0.3, -0.25) is 4.79 Å². The van der Waals surface area contributed by atoms with Gasteiger partial charge in [-0.25, -0.2) is 4.79 Å². The topological polar surface area (TPSA) is 99.9 Å². The first-order valence-electron chi connectivity index (χ1n) is 7.00. The van der Waals surface area contributed by atoms with Crippen LogP contribution >= 0.6 is 11.6 Å². The van der Waals surface area contributed by atoms with Crippen molar-refractivity contribution in [1.82, 2.24) is 5.16 Å². The maximum absolute atomic E-state index is 11.7. The van der Waals surface area contributed by atoms with Crippen molar-refractivity contribution in [3.8, 4) is 11.5 Å². The SMILES string of the molecule is COc1cc(/C=C/C(=O)OCC(=O)Nc2ccon2)cc(Cl)c1OC. The predicted octanol–water partition coefficient (Wildman–Crippen LogP) is 2.54. The van der Waals surface area contributed by atoms with Crippen LogP contribution in [0.5, 0.6) is 11.5 Å². The fourth-order valence-electron chi connectivity index (χ4n) is 1.84. The molecule has 1 amide bonds. The lowest BCUT2D eigenvalue weighted by atomic mass is 10.2. The molecule has 0 aliphatic carbocycles. The van der Waals surface area contributed by atoms with Gasteiger partial charge in [0.25, 0.3) is 5.91 Å². The van der Waals surface area contributed by atoms with Gasteiger partial charge in [-0.1, -0.05) is 16.8 Å². The number of aromatic nitrogens is 1. The van der Waals surface area contributed by atoms with E-state index in [0.717, 1.165) is 0 Å². The number of anilines is 1. The number of rotatable bonds is 7. The minimum absolute atomic E-state index is 0.233. The van der Waals surface area contributed by atoms with Gasteiger partial charge < -0.3 is 24.1 Å². The van der Waals surface area contributed by atoms with Crippen LogP contribution in [0.1, 0.15) is 5.56 Å². The number of halogens is 1. The first-order valence-corrected chi connectivity index (χ1v) is 7.38. The summed E-state index contributed by atoms with van der Waals surface area (Å²) in [6, 6.07) is 4.70. The number of nitrogens with one attached hydrogen (secondary N) is 1. The molecule has 0 unspecified atom stereocenters. The number of esters is 1. The van der Waals surface area contributed by atoms with Crippen molar-refractivity contribution in [2.75, 3.05) is 26.1 Å². The lowest BCUT2D eigenvalue weighted by Crippen LogP contribution is -2.20. The number of hydrogen-bond donors (Lipinski definition) is 1. The zero-order valence-corrected chi connectivity index (χ0v) is 14.2. The average molecular weight is 367 g/mol. The van der Waals surface area contributed by atoms with Gasteiger partial charge in [0.05, 0.1) is 19.2 Å². The maximum Gasteiger partial charge on any atom is 0.331 e. The van der Waals surface area contributed by atoms with E-state index < -0.39 is 18.5 Å². The Kier molecular flexibility index (Phi) is 6.41. The molecule has 132 valence electrons. The molecule has 8 nitrogen and oxygen atoms in total. The highest BCUT2D eigenvalue weighted by Crippen LogP contribution is 2.36. The van der Waals surface area contributed by atoms with Crippen molar-refractivity contribution in [2.45, 2.75) is 0 Å². The Morgan fingerprint density at radius 1 is 1.32 bits per heavy atom. The summed E-state index contributed by atoms with van der Waals surface area (Å²) in [5.74, 6) is -0.175. The molecule has 0 atom stereocenters. The van der Waals surface area contributed by atoms with Gasteiger partial charge in [0.1, 0.15) is 6.26 Å². The van der Waals surface area contributed by atoms with Crippen LogP contribution in [-0.2, 0) is 14.3 Å². The molecule has 2 rings (SSSR count). The summed E-state index contributed by atoms with van der Waals surface area (Å²) < 4.78 is 19.7. The van der Waals surface area contributed by atoms with Gasteiger partial charge in [0, 0.05) is 12.1 Å². The molecule has 0 spiro atoms. The second-order valence-electron chi connectivity index (χ2n) is 4.61. The predicted molar refractivity (Wildman–Crippen MR) is 89.7 cm³/mol. The van der Waals surface area contributed by atoms with Crippen LogP contribution in [0.15, 0.2) is 35.1 Å². The molecule has 0 bridgehead atoms. The number of amides is 1. The quantitative estimate of drug-likeness (QED) is 0.593. The lowest BCUT2D eigenvalue weighted by molar-refractivity contribution is -0.142. The summed E-state index contributed by atoms with van der Waals surface area (Å²) in [6.45, 7) is -0.456. The first-order chi connectivity index (χ1) is 12.0. The monoisotopic (exact) mass is 366 g/mol. The minimum Gasteiger partial charge on any atom is -0.493 e. The Labute approximate surface area is 148 Å². The fourth-order valence-corrected chi connectivity index (χ4v) is 2.14. The molecule has 1 aromatic heterocycles. The molecule has 2 aromatic rings. The van der Waals surface area contributed by atoms with E-state index in [1.54, 1.807) is 12.1 Å². The van der Waals surface area contributed by atoms with Gasteiger partial charge in [0.15, 0.2) is 23.9 Å². The van der Waals surface area contributed by atoms with Crippen molar-refractivity contribution in [3.63, 3.8) is 0 Å². The Balaban J connectivity index is 1.91. The number of ether oxygens (including phenoxy) is 3. The summed E-state index contributed by atoms with van der Waals surface area (Å²) in [5.41, 5.74) is 0.603. The second kappa shape index (κ2) is 8.74. The third-order valence-electron chi connectivity index (χ3n) is 2.92. The molecule has 0 saturated heterocycles. The van der Waals surface area contributed by atoms with Crippen molar-refractivity contribution in [2.24, 2.45) is 0 Å². The van der Waals surface area contributed by atoms with Crippen LogP contribution in [0.2, 0.25) is 5.02 Å². The summed E-state index contributed by atoms with van der Waals surface area (Å²) >= 11 is 6.08. The van der Waals surface area contributed by atoms with E-state index in [2.05, 4.69) is 15.0 Å². The Morgan fingerprint density at radius 2 is 2.12 bits per heavy atom. The van der Waals surface area contributed by atoms with E-state index in [-0.39, 0.29) is 5.82 Å². The molecule has 1 heterocycles. The third-order valence-corrected chi connectivity index (χ3v) is 3.20. The second-order valence-corrected chi connectivity index (χ2v) is 5.02. The molecular formula is C16H15ClN2O6. The molecule has 1 N–H and O–H groups in total. The third kappa shape index (κ3) is 5.25. The summed E-state index contributed by atoms with van der Waals surface area (Å²) in [4.78, 5) is 23.2. The average Bonchev–Trinajstić information content (AvgIpc) is 3.10.